The molecule has 1 spiro atoms. The van der Waals surface area contributed by atoms with Crippen LogP contribution in [0.1, 0.15) is 33.1 Å². The molecule has 4 fully saturated rings. The lowest BCUT2D eigenvalue weighted by Crippen LogP contribution is -3.00. The fourth-order valence-corrected chi connectivity index (χ4v) is 5.14. The SMILES string of the molecule is C[N+](C)=C1CC[C]2[C](C13CC(=O)N1CN3C(=O)C1(C)C)[N+]2(C)C.[I-].[I-]. The highest BCUT2D eigenvalue weighted by atomic mass is 127. The van der Waals surface area contributed by atoms with Crippen molar-refractivity contribution >= 4 is 17.5 Å². The molecule has 1 unspecified atom stereocenters. The van der Waals surface area contributed by atoms with Crippen LogP contribution in [0.4, 0.5) is 0 Å². The zero-order chi connectivity index (χ0) is 16.9. The molecule has 1 saturated carbocycles. The second kappa shape index (κ2) is 6.02. The van der Waals surface area contributed by atoms with Gasteiger partial charge in [-0.25, -0.2) is 4.58 Å². The normalized spacial score (nSPS) is 32.3. The molecule has 0 aromatic rings. The maximum absolute atomic E-state index is 13.1. The highest BCUT2D eigenvalue weighted by Gasteiger charge is 2.84. The Morgan fingerprint density at radius 1 is 1.04 bits per heavy atom. The molecule has 8 heteroatoms. The van der Waals surface area contributed by atoms with Gasteiger partial charge in [0.1, 0.15) is 19.6 Å². The molecular weight excluding hydrogens is 546 g/mol. The van der Waals surface area contributed by atoms with Crippen LogP contribution in [0.3, 0.4) is 0 Å². The van der Waals surface area contributed by atoms with Crippen LogP contribution in [0.5, 0.6) is 0 Å². The van der Waals surface area contributed by atoms with Gasteiger partial charge in [0.15, 0.2) is 5.71 Å². The largest absolute Gasteiger partial charge is 1.00 e. The number of hydrogen-bond acceptors (Lipinski definition) is 2. The molecule has 25 heavy (non-hydrogen) atoms. The second-order valence-corrected chi connectivity index (χ2v) is 8.38. The van der Waals surface area contributed by atoms with Gasteiger partial charge in [-0.15, -0.1) is 0 Å². The fraction of sp³-hybridized carbons (Fsp3) is 0.706. The monoisotopic (exact) mass is 572 g/mol. The Hall–Kier alpha value is 0.0300. The molecule has 4 aliphatic rings. The first-order valence-corrected chi connectivity index (χ1v) is 8.31. The molecular formula is C17H26I2N4O2. The van der Waals surface area contributed by atoms with E-state index in [2.05, 4.69) is 18.7 Å². The van der Waals surface area contributed by atoms with Gasteiger partial charge in [0.25, 0.3) is 11.9 Å². The third kappa shape index (κ3) is 2.38. The van der Waals surface area contributed by atoms with E-state index >= 15 is 0 Å². The number of rotatable bonds is 0. The second-order valence-electron chi connectivity index (χ2n) is 8.38. The Bertz CT molecular complexity index is 672. The van der Waals surface area contributed by atoms with Crippen LogP contribution in [-0.4, -0.2) is 82.3 Å². The van der Waals surface area contributed by atoms with Crippen molar-refractivity contribution in [2.45, 2.75) is 44.2 Å². The summed E-state index contributed by atoms with van der Waals surface area (Å²) in [4.78, 5) is 29.8. The third-order valence-corrected chi connectivity index (χ3v) is 6.36. The predicted octanol–water partition coefficient (Wildman–Crippen LogP) is -5.80. The lowest BCUT2D eigenvalue weighted by molar-refractivity contribution is -0.744. The summed E-state index contributed by atoms with van der Waals surface area (Å²) in [7, 11) is 8.42. The number of likely N-dealkylation sites (tertiary alicyclic amines) is 1. The van der Waals surface area contributed by atoms with Gasteiger partial charge in [-0.2, -0.15) is 0 Å². The van der Waals surface area contributed by atoms with Gasteiger partial charge in [0.2, 0.25) is 17.5 Å². The smallest absolute Gasteiger partial charge is 0.259 e. The van der Waals surface area contributed by atoms with Crippen molar-refractivity contribution in [3.63, 3.8) is 0 Å². The summed E-state index contributed by atoms with van der Waals surface area (Å²) in [5.74, 6) is 0.167. The molecule has 2 radical (unpaired) electrons. The van der Waals surface area contributed by atoms with Crippen LogP contribution in [0.25, 0.3) is 0 Å². The summed E-state index contributed by atoms with van der Waals surface area (Å²) in [5, 5.41) is 0. The van der Waals surface area contributed by atoms with Crippen molar-refractivity contribution in [3.8, 4) is 0 Å². The molecule has 2 amide bonds. The summed E-state index contributed by atoms with van der Waals surface area (Å²) in [6.45, 7) is 4.15. The molecule has 3 saturated heterocycles. The average Bonchev–Trinajstić information content (AvgIpc) is 2.93. The summed E-state index contributed by atoms with van der Waals surface area (Å²) >= 11 is 0. The summed E-state index contributed by atoms with van der Waals surface area (Å²) in [5.41, 5.74) is -0.0692. The zero-order valence-electron chi connectivity index (χ0n) is 15.7. The van der Waals surface area contributed by atoms with Gasteiger partial charge < -0.3 is 57.8 Å². The molecule has 0 aromatic heterocycles. The topological polar surface area (TPSA) is 43.6 Å². The van der Waals surface area contributed by atoms with Crippen LogP contribution in [0.15, 0.2) is 0 Å². The first kappa shape index (κ1) is 21.3. The van der Waals surface area contributed by atoms with Crippen molar-refractivity contribution in [2.24, 2.45) is 0 Å². The molecule has 6 nitrogen and oxygen atoms in total. The van der Waals surface area contributed by atoms with Crippen molar-refractivity contribution in [2.75, 3.05) is 34.9 Å². The Morgan fingerprint density at radius 2 is 1.64 bits per heavy atom. The van der Waals surface area contributed by atoms with Crippen molar-refractivity contribution in [1.82, 2.24) is 9.80 Å². The minimum atomic E-state index is -0.734. The quantitative estimate of drug-likeness (QED) is 0.126. The number of amides is 2. The van der Waals surface area contributed by atoms with Gasteiger partial charge in [0.05, 0.1) is 27.2 Å². The lowest BCUT2D eigenvalue weighted by atomic mass is 9.74. The van der Waals surface area contributed by atoms with E-state index in [1.54, 1.807) is 4.90 Å². The standard InChI is InChI=1S/C17H26N4O2.2HI/c1-16(2)15(23)20-10-19(16)13(22)9-17(20)12(18(3)4)8-7-11-14(17)21(11,5)6;;/h7-10H2,1-6H3;2*1H/q+2;;/p-2. The Balaban J connectivity index is 0.00000113. The van der Waals surface area contributed by atoms with E-state index in [9.17, 15) is 9.59 Å². The molecule has 3 aliphatic heterocycles. The average molecular weight is 572 g/mol. The summed E-state index contributed by atoms with van der Waals surface area (Å²) < 4.78 is 2.89. The van der Waals surface area contributed by atoms with E-state index in [-0.39, 0.29) is 59.8 Å². The Morgan fingerprint density at radius 3 is 2.20 bits per heavy atom. The lowest BCUT2D eigenvalue weighted by Gasteiger charge is -2.42. The van der Waals surface area contributed by atoms with E-state index in [0.29, 0.717) is 13.1 Å². The van der Waals surface area contributed by atoms with Crippen molar-refractivity contribution < 1.29 is 66.6 Å². The first-order valence-electron chi connectivity index (χ1n) is 8.31. The maximum Gasteiger partial charge on any atom is 0.259 e. The van der Waals surface area contributed by atoms with E-state index in [1.165, 1.54) is 17.8 Å². The molecule has 3 heterocycles. The van der Waals surface area contributed by atoms with Crippen LogP contribution < -0.4 is 48.0 Å². The number of carbonyl (C=O) groups is 2. The van der Waals surface area contributed by atoms with E-state index in [0.717, 1.165) is 17.3 Å². The number of fused-ring (bicyclic) bond motifs is 5. The summed E-state index contributed by atoms with van der Waals surface area (Å²) in [6.07, 6.45) is 2.34. The predicted molar refractivity (Wildman–Crippen MR) is 84.9 cm³/mol. The molecule has 1 aliphatic carbocycles. The van der Waals surface area contributed by atoms with Crippen molar-refractivity contribution in [3.05, 3.63) is 12.1 Å². The molecule has 2 bridgehead atoms. The van der Waals surface area contributed by atoms with Crippen molar-refractivity contribution in [1.29, 1.82) is 0 Å². The van der Waals surface area contributed by atoms with Gasteiger partial charge in [-0.05, 0) is 13.8 Å². The number of likely N-dealkylation sites (N-methyl/N-ethyl adjacent to an activating group) is 1. The molecule has 4 rings (SSSR count). The zero-order valence-corrected chi connectivity index (χ0v) is 20.0. The van der Waals surface area contributed by atoms with Crippen LogP contribution in [-0.2, 0) is 9.59 Å². The highest BCUT2D eigenvalue weighted by Crippen LogP contribution is 2.66. The minimum absolute atomic E-state index is 0. The molecule has 0 N–H and O–H groups in total. The fourth-order valence-electron chi connectivity index (χ4n) is 5.14. The molecule has 0 aromatic carbocycles. The highest BCUT2D eigenvalue weighted by molar-refractivity contribution is 6.07. The summed E-state index contributed by atoms with van der Waals surface area (Å²) in [6, 6.07) is 2.67. The first-order chi connectivity index (χ1) is 10.6. The number of hydrogen-bond donors (Lipinski definition) is 0. The Labute approximate surface area is 184 Å². The van der Waals surface area contributed by atoms with E-state index in [1.807, 2.05) is 32.8 Å². The maximum atomic E-state index is 13.1. The van der Waals surface area contributed by atoms with Gasteiger partial charge in [-0.3, -0.25) is 14.1 Å². The van der Waals surface area contributed by atoms with Crippen LogP contribution in [0, 0.1) is 12.1 Å². The number of carbonyl (C=O) groups excluding carboxylic acids is 2. The van der Waals surface area contributed by atoms with E-state index < -0.39 is 11.1 Å². The van der Waals surface area contributed by atoms with E-state index in [4.69, 9.17) is 0 Å². The number of nitrogens with zero attached hydrogens (tertiary/aromatic N) is 4. The van der Waals surface area contributed by atoms with Gasteiger partial charge in [-0.1, -0.05) is 0 Å². The number of quaternary nitrogens is 1. The minimum Gasteiger partial charge on any atom is -1.00 e. The third-order valence-electron chi connectivity index (χ3n) is 6.36. The molecule has 1 atom stereocenters. The Kier molecular flexibility index (Phi) is 5.13. The molecule has 140 valence electrons. The van der Waals surface area contributed by atoms with Gasteiger partial charge >= 0.3 is 0 Å². The van der Waals surface area contributed by atoms with Gasteiger partial charge in [0, 0.05) is 12.8 Å². The number of halogens is 2. The van der Waals surface area contributed by atoms with Crippen LogP contribution >= 0.6 is 0 Å². The van der Waals surface area contributed by atoms with Crippen LogP contribution in [0.2, 0.25) is 0 Å².